The van der Waals surface area contributed by atoms with Crippen molar-refractivity contribution in [1.82, 2.24) is 4.90 Å². The van der Waals surface area contributed by atoms with E-state index in [1.165, 1.54) is 25.3 Å². The van der Waals surface area contributed by atoms with Crippen LogP contribution in [0.2, 0.25) is 5.02 Å². The van der Waals surface area contributed by atoms with Crippen molar-refractivity contribution in [2.24, 2.45) is 0 Å². The summed E-state index contributed by atoms with van der Waals surface area (Å²) in [6.07, 6.45) is 0. The Kier molecular flexibility index (Phi) is 5.88. The van der Waals surface area contributed by atoms with Crippen LogP contribution in [0.3, 0.4) is 0 Å². The summed E-state index contributed by atoms with van der Waals surface area (Å²) in [4.78, 5) is 14.4. The first-order valence-corrected chi connectivity index (χ1v) is 10.1. The van der Waals surface area contributed by atoms with Crippen molar-refractivity contribution in [3.05, 3.63) is 53.1 Å². The number of nitrogens with one attached hydrogen (secondary N) is 1. The first-order valence-electron chi connectivity index (χ1n) is 8.25. The lowest BCUT2D eigenvalue weighted by Gasteiger charge is -2.27. The third-order valence-electron chi connectivity index (χ3n) is 4.13. The minimum absolute atomic E-state index is 0.0557. The number of benzene rings is 2. The summed E-state index contributed by atoms with van der Waals surface area (Å²) >= 11 is 6.03. The highest BCUT2D eigenvalue weighted by Crippen LogP contribution is 2.27. The molecule has 144 valence electrons. The van der Waals surface area contributed by atoms with Crippen molar-refractivity contribution >= 4 is 33.2 Å². The van der Waals surface area contributed by atoms with E-state index < -0.39 is 10.0 Å². The summed E-state index contributed by atoms with van der Waals surface area (Å²) in [6, 6.07) is 10.7. The van der Waals surface area contributed by atoms with E-state index in [2.05, 4.69) is 4.72 Å². The van der Waals surface area contributed by atoms with Crippen LogP contribution >= 0.6 is 11.6 Å². The number of morpholine rings is 1. The van der Waals surface area contributed by atoms with Gasteiger partial charge in [0.25, 0.3) is 15.9 Å². The number of hydrogen-bond acceptors (Lipinski definition) is 5. The molecule has 0 bridgehead atoms. The smallest absolute Gasteiger partial charge is 0.261 e. The number of hydrogen-bond donors (Lipinski definition) is 1. The number of nitrogens with zero attached hydrogens (tertiary/aromatic N) is 1. The molecule has 9 heteroatoms. The molecule has 2 aromatic rings. The second-order valence-electron chi connectivity index (χ2n) is 5.85. The van der Waals surface area contributed by atoms with E-state index in [1.807, 2.05) is 0 Å². The summed E-state index contributed by atoms with van der Waals surface area (Å²) in [7, 11) is -2.50. The SMILES string of the molecule is COc1ccc(S(=O)(=O)Nc2ccccc2Cl)cc1C(=O)N1CCOCC1. The number of carbonyl (C=O) groups excluding carboxylic acids is 1. The Morgan fingerprint density at radius 2 is 1.89 bits per heavy atom. The fraction of sp³-hybridized carbons (Fsp3) is 0.278. The van der Waals surface area contributed by atoms with Gasteiger partial charge in [0.05, 0.1) is 41.5 Å². The fourth-order valence-electron chi connectivity index (χ4n) is 2.71. The van der Waals surface area contributed by atoms with Gasteiger partial charge in [-0.25, -0.2) is 8.42 Å². The standard InChI is InChI=1S/C18H19ClN2O5S/c1-25-17-7-6-13(12-14(17)18(22)21-8-10-26-11-9-21)27(23,24)20-16-5-3-2-4-15(16)19/h2-7,12,20H,8-11H2,1H3. The fourth-order valence-corrected chi connectivity index (χ4v) is 4.05. The molecule has 1 amide bonds. The van der Waals surface area contributed by atoms with Crippen LogP contribution < -0.4 is 9.46 Å². The molecule has 2 aromatic carbocycles. The van der Waals surface area contributed by atoms with Gasteiger partial charge in [-0.1, -0.05) is 23.7 Å². The summed E-state index contributed by atoms with van der Waals surface area (Å²) in [5.74, 6) is 0.00753. The second-order valence-corrected chi connectivity index (χ2v) is 7.94. The number of halogens is 1. The molecular weight excluding hydrogens is 392 g/mol. The molecule has 1 aliphatic rings. The maximum atomic E-state index is 12.8. The average molecular weight is 411 g/mol. The Balaban J connectivity index is 1.94. The molecule has 1 N–H and O–H groups in total. The molecule has 0 saturated carbocycles. The normalized spacial score (nSPS) is 14.7. The first kappa shape index (κ1) is 19.5. The van der Waals surface area contributed by atoms with Gasteiger partial charge in [0.15, 0.2) is 0 Å². The van der Waals surface area contributed by atoms with E-state index in [9.17, 15) is 13.2 Å². The zero-order chi connectivity index (χ0) is 19.4. The number of sulfonamides is 1. The van der Waals surface area contributed by atoms with Gasteiger partial charge >= 0.3 is 0 Å². The predicted molar refractivity (Wildman–Crippen MR) is 102 cm³/mol. The topological polar surface area (TPSA) is 84.9 Å². The summed E-state index contributed by atoms with van der Waals surface area (Å²) in [5.41, 5.74) is 0.442. The number of rotatable bonds is 5. The van der Waals surface area contributed by atoms with E-state index in [0.29, 0.717) is 32.1 Å². The number of methoxy groups -OCH3 is 1. The van der Waals surface area contributed by atoms with Gasteiger partial charge in [-0.15, -0.1) is 0 Å². The van der Waals surface area contributed by atoms with Crippen molar-refractivity contribution in [2.45, 2.75) is 4.90 Å². The number of amides is 1. The lowest BCUT2D eigenvalue weighted by molar-refractivity contribution is 0.0300. The molecule has 1 fully saturated rings. The highest BCUT2D eigenvalue weighted by molar-refractivity contribution is 7.92. The molecule has 0 spiro atoms. The van der Waals surface area contributed by atoms with Crippen molar-refractivity contribution in [3.63, 3.8) is 0 Å². The first-order chi connectivity index (χ1) is 12.9. The zero-order valence-electron chi connectivity index (χ0n) is 14.6. The lowest BCUT2D eigenvalue weighted by Crippen LogP contribution is -2.40. The summed E-state index contributed by atoms with van der Waals surface area (Å²) in [5, 5.41) is 0.277. The highest BCUT2D eigenvalue weighted by Gasteiger charge is 2.25. The van der Waals surface area contributed by atoms with Crippen LogP contribution in [-0.4, -0.2) is 52.6 Å². The van der Waals surface area contributed by atoms with Crippen LogP contribution in [0.25, 0.3) is 0 Å². The van der Waals surface area contributed by atoms with Crippen LogP contribution in [0.4, 0.5) is 5.69 Å². The molecule has 0 radical (unpaired) electrons. The number of ether oxygens (including phenoxy) is 2. The van der Waals surface area contributed by atoms with Gasteiger partial charge in [0.2, 0.25) is 0 Å². The molecule has 0 aliphatic carbocycles. The molecule has 3 rings (SSSR count). The predicted octanol–water partition coefficient (Wildman–Crippen LogP) is 2.62. The third-order valence-corrected chi connectivity index (χ3v) is 5.82. The Labute approximate surface area is 162 Å². The van der Waals surface area contributed by atoms with Gasteiger partial charge in [-0.2, -0.15) is 0 Å². The van der Waals surface area contributed by atoms with Crippen LogP contribution in [-0.2, 0) is 14.8 Å². The Hall–Kier alpha value is -2.29. The van der Waals surface area contributed by atoms with Crippen molar-refractivity contribution in [3.8, 4) is 5.75 Å². The van der Waals surface area contributed by atoms with Gasteiger partial charge < -0.3 is 14.4 Å². The van der Waals surface area contributed by atoms with E-state index in [-0.39, 0.29) is 27.1 Å². The Morgan fingerprint density at radius 1 is 1.19 bits per heavy atom. The maximum Gasteiger partial charge on any atom is 0.261 e. The number of anilines is 1. The second kappa shape index (κ2) is 8.16. The molecule has 0 aromatic heterocycles. The lowest BCUT2D eigenvalue weighted by atomic mass is 10.1. The molecule has 0 atom stereocenters. The van der Waals surface area contributed by atoms with Crippen LogP contribution in [0.1, 0.15) is 10.4 Å². The Bertz CT molecular complexity index is 943. The van der Waals surface area contributed by atoms with Crippen molar-refractivity contribution in [2.75, 3.05) is 38.1 Å². The molecule has 0 unspecified atom stereocenters. The van der Waals surface area contributed by atoms with E-state index in [4.69, 9.17) is 21.1 Å². The van der Waals surface area contributed by atoms with Crippen molar-refractivity contribution < 1.29 is 22.7 Å². The van der Waals surface area contributed by atoms with Crippen LogP contribution in [0.5, 0.6) is 5.75 Å². The minimum atomic E-state index is -3.93. The monoisotopic (exact) mass is 410 g/mol. The van der Waals surface area contributed by atoms with E-state index >= 15 is 0 Å². The maximum absolute atomic E-state index is 12.8. The molecule has 1 saturated heterocycles. The summed E-state index contributed by atoms with van der Waals surface area (Å²) < 4.78 is 38.4. The largest absolute Gasteiger partial charge is 0.496 e. The van der Waals surface area contributed by atoms with E-state index in [1.54, 1.807) is 29.2 Å². The highest BCUT2D eigenvalue weighted by atomic mass is 35.5. The quantitative estimate of drug-likeness (QED) is 0.819. The number of para-hydroxylation sites is 1. The van der Waals surface area contributed by atoms with E-state index in [0.717, 1.165) is 0 Å². The van der Waals surface area contributed by atoms with Gasteiger partial charge in [0, 0.05) is 13.1 Å². The third kappa shape index (κ3) is 4.35. The molecule has 1 heterocycles. The van der Waals surface area contributed by atoms with Crippen molar-refractivity contribution in [1.29, 1.82) is 0 Å². The van der Waals surface area contributed by atoms with Crippen LogP contribution in [0.15, 0.2) is 47.4 Å². The van der Waals surface area contributed by atoms with Crippen LogP contribution in [0, 0.1) is 0 Å². The van der Waals surface area contributed by atoms with Gasteiger partial charge in [-0.05, 0) is 30.3 Å². The molecule has 27 heavy (non-hydrogen) atoms. The summed E-state index contributed by atoms with van der Waals surface area (Å²) in [6.45, 7) is 1.77. The molecular formula is C18H19ClN2O5S. The van der Waals surface area contributed by atoms with Gasteiger partial charge in [-0.3, -0.25) is 9.52 Å². The zero-order valence-corrected chi connectivity index (χ0v) is 16.2. The van der Waals surface area contributed by atoms with Gasteiger partial charge in [0.1, 0.15) is 5.75 Å². The average Bonchev–Trinajstić information content (AvgIpc) is 2.69. The Morgan fingerprint density at radius 3 is 2.56 bits per heavy atom. The molecule has 1 aliphatic heterocycles. The number of carbonyl (C=O) groups is 1. The molecule has 7 nitrogen and oxygen atoms in total. The minimum Gasteiger partial charge on any atom is -0.496 e.